The molecule has 1 N–H and O–H groups in total. The molecule has 5 nitrogen and oxygen atoms in total. The fourth-order valence-corrected chi connectivity index (χ4v) is 4.56. The highest BCUT2D eigenvalue weighted by atomic mass is 32.2. The number of nitrogens with one attached hydrogen (secondary N) is 1. The van der Waals surface area contributed by atoms with Gasteiger partial charge in [0.2, 0.25) is 5.91 Å². The van der Waals surface area contributed by atoms with Crippen LogP contribution in [0.5, 0.6) is 0 Å². The molecule has 4 rings (SSSR count). The van der Waals surface area contributed by atoms with Gasteiger partial charge in [0.25, 0.3) is 0 Å². The van der Waals surface area contributed by atoms with E-state index in [0.29, 0.717) is 18.5 Å². The summed E-state index contributed by atoms with van der Waals surface area (Å²) in [5, 5.41) is 3.69. The molecule has 1 aliphatic heterocycles. The topological polar surface area (TPSA) is 58.1 Å². The molecule has 1 saturated heterocycles. The van der Waals surface area contributed by atoms with Gasteiger partial charge in [0.1, 0.15) is 10.8 Å². The third-order valence-electron chi connectivity index (χ3n) is 5.11. The van der Waals surface area contributed by atoms with Crippen LogP contribution in [0.25, 0.3) is 0 Å². The molecule has 154 valence electrons. The Hall–Kier alpha value is -2.93. The number of aromatic nitrogens is 2. The normalized spacial score (nSPS) is 14.5. The number of anilines is 2. The summed E-state index contributed by atoms with van der Waals surface area (Å²) in [6, 6.07) is 14.3. The van der Waals surface area contributed by atoms with E-state index in [1.807, 2.05) is 6.07 Å². The van der Waals surface area contributed by atoms with Crippen molar-refractivity contribution >= 4 is 29.2 Å². The highest BCUT2D eigenvalue weighted by molar-refractivity contribution is 7.99. The molecule has 1 aliphatic rings. The lowest BCUT2D eigenvalue weighted by Crippen LogP contribution is -2.38. The number of halogens is 1. The molecule has 1 aromatic heterocycles. The summed E-state index contributed by atoms with van der Waals surface area (Å²) in [5.74, 6) is 0.333. The summed E-state index contributed by atoms with van der Waals surface area (Å²) in [6.45, 7) is 3.52. The van der Waals surface area contributed by atoms with Gasteiger partial charge >= 0.3 is 0 Å². The summed E-state index contributed by atoms with van der Waals surface area (Å²) < 4.78 is 13.3. The van der Waals surface area contributed by atoms with Crippen molar-refractivity contribution in [1.82, 2.24) is 9.97 Å². The molecule has 3 aromatic rings. The summed E-state index contributed by atoms with van der Waals surface area (Å²) in [5.41, 5.74) is 1.70. The minimum atomic E-state index is -0.357. The second kappa shape index (κ2) is 9.26. The third-order valence-corrected chi connectivity index (χ3v) is 6.08. The van der Waals surface area contributed by atoms with Crippen LogP contribution in [-0.4, -0.2) is 29.0 Å². The zero-order chi connectivity index (χ0) is 20.9. The van der Waals surface area contributed by atoms with Crippen LogP contribution in [0.2, 0.25) is 0 Å². The van der Waals surface area contributed by atoms with Gasteiger partial charge < -0.3 is 10.2 Å². The average Bonchev–Trinajstić information content (AvgIpc) is 2.74. The zero-order valence-corrected chi connectivity index (χ0v) is 17.5. The van der Waals surface area contributed by atoms with E-state index >= 15 is 0 Å². The van der Waals surface area contributed by atoms with Gasteiger partial charge in [0.05, 0.1) is 0 Å². The van der Waals surface area contributed by atoms with Crippen LogP contribution >= 0.6 is 11.8 Å². The van der Waals surface area contributed by atoms with Crippen molar-refractivity contribution < 1.29 is 9.18 Å². The van der Waals surface area contributed by atoms with E-state index in [1.165, 1.54) is 17.7 Å². The van der Waals surface area contributed by atoms with Crippen LogP contribution in [0, 0.1) is 18.7 Å². The maximum atomic E-state index is 13.3. The number of carbonyl (C=O) groups is 1. The van der Waals surface area contributed by atoms with Crippen LogP contribution in [0.4, 0.5) is 15.9 Å². The predicted molar refractivity (Wildman–Crippen MR) is 117 cm³/mol. The summed E-state index contributed by atoms with van der Waals surface area (Å²) in [6.07, 6.45) is 4.84. The molecule has 0 aliphatic carbocycles. The van der Waals surface area contributed by atoms with Crippen LogP contribution in [0.1, 0.15) is 18.4 Å². The second-order valence-electron chi connectivity index (χ2n) is 7.36. The smallest absolute Gasteiger partial charge is 0.227 e. The molecule has 0 unspecified atom stereocenters. The number of carbonyl (C=O) groups excluding carboxylic acids is 1. The number of aryl methyl sites for hydroxylation is 1. The van der Waals surface area contributed by atoms with Gasteiger partial charge in [-0.15, -0.1) is 0 Å². The highest BCUT2D eigenvalue weighted by Gasteiger charge is 2.27. The van der Waals surface area contributed by atoms with E-state index in [1.54, 1.807) is 36.3 Å². The summed E-state index contributed by atoms with van der Waals surface area (Å²) in [4.78, 5) is 25.0. The lowest BCUT2D eigenvalue weighted by molar-refractivity contribution is -0.120. The monoisotopic (exact) mass is 422 g/mol. The first-order chi connectivity index (χ1) is 14.6. The van der Waals surface area contributed by atoms with Crippen LogP contribution < -0.4 is 10.2 Å². The first-order valence-corrected chi connectivity index (χ1v) is 10.8. The van der Waals surface area contributed by atoms with Crippen molar-refractivity contribution in [3.05, 3.63) is 72.3 Å². The van der Waals surface area contributed by atoms with Crippen molar-refractivity contribution in [3.63, 3.8) is 0 Å². The minimum Gasteiger partial charge on any atom is -0.354 e. The van der Waals surface area contributed by atoms with E-state index in [4.69, 9.17) is 0 Å². The van der Waals surface area contributed by atoms with Crippen molar-refractivity contribution in [2.45, 2.75) is 29.7 Å². The molecular weight excluding hydrogens is 399 g/mol. The van der Waals surface area contributed by atoms with E-state index < -0.39 is 0 Å². The fraction of sp³-hybridized carbons (Fsp3) is 0.261. The number of hydrogen-bond acceptors (Lipinski definition) is 5. The zero-order valence-electron chi connectivity index (χ0n) is 16.7. The maximum Gasteiger partial charge on any atom is 0.227 e. The lowest BCUT2D eigenvalue weighted by Gasteiger charge is -2.32. The van der Waals surface area contributed by atoms with Gasteiger partial charge in [0, 0.05) is 42.0 Å². The third kappa shape index (κ3) is 4.97. The van der Waals surface area contributed by atoms with E-state index in [0.717, 1.165) is 28.8 Å². The number of nitrogens with zero attached hydrogens (tertiary/aromatic N) is 3. The second-order valence-corrected chi connectivity index (χ2v) is 8.43. The number of rotatable bonds is 5. The van der Waals surface area contributed by atoms with Crippen molar-refractivity contribution in [1.29, 1.82) is 0 Å². The number of hydrogen-bond donors (Lipinski definition) is 1. The van der Waals surface area contributed by atoms with E-state index in [-0.39, 0.29) is 17.6 Å². The molecule has 2 aromatic carbocycles. The minimum absolute atomic E-state index is 0.0613. The number of benzene rings is 2. The van der Waals surface area contributed by atoms with Crippen molar-refractivity contribution in [2.75, 3.05) is 23.3 Å². The standard InChI is InChI=1S/C23H23FN4OS/c1-16-4-2-7-20(14-16)30-23-21(25-10-11-26-23)28-12-8-17(9-13-28)22(29)27-19-6-3-5-18(24)15-19/h2-7,10-11,14-15,17H,8-9,12-13H2,1H3,(H,27,29). The lowest BCUT2D eigenvalue weighted by atomic mass is 9.96. The molecule has 0 spiro atoms. The summed E-state index contributed by atoms with van der Waals surface area (Å²) in [7, 11) is 0. The Morgan fingerprint density at radius 2 is 1.87 bits per heavy atom. The largest absolute Gasteiger partial charge is 0.354 e. The molecule has 30 heavy (non-hydrogen) atoms. The molecule has 1 fully saturated rings. The Kier molecular flexibility index (Phi) is 6.28. The summed E-state index contributed by atoms with van der Waals surface area (Å²) >= 11 is 1.60. The Morgan fingerprint density at radius 3 is 2.63 bits per heavy atom. The Labute approximate surface area is 179 Å². The van der Waals surface area contributed by atoms with Gasteiger partial charge in [0.15, 0.2) is 5.82 Å². The first-order valence-electron chi connectivity index (χ1n) is 9.95. The van der Waals surface area contributed by atoms with Crippen LogP contribution in [0.15, 0.2) is 70.8 Å². The molecular formula is C23H23FN4OS. The molecule has 0 atom stereocenters. The van der Waals surface area contributed by atoms with Crippen LogP contribution in [-0.2, 0) is 4.79 Å². The van der Waals surface area contributed by atoms with Gasteiger partial charge in [-0.1, -0.05) is 35.5 Å². The molecule has 0 radical (unpaired) electrons. The first kappa shape index (κ1) is 20.3. The maximum absolute atomic E-state index is 13.3. The molecule has 0 bridgehead atoms. The quantitative estimate of drug-likeness (QED) is 0.632. The number of amides is 1. The van der Waals surface area contributed by atoms with Gasteiger partial charge in [-0.05, 0) is 50.1 Å². The van der Waals surface area contributed by atoms with E-state index in [2.05, 4.69) is 45.3 Å². The molecule has 2 heterocycles. The Morgan fingerprint density at radius 1 is 1.10 bits per heavy atom. The Bertz CT molecular complexity index is 1040. The molecule has 0 saturated carbocycles. The SMILES string of the molecule is Cc1cccc(Sc2nccnc2N2CCC(C(=O)Nc3cccc(F)c3)CC2)c1. The highest BCUT2D eigenvalue weighted by Crippen LogP contribution is 2.34. The van der Waals surface area contributed by atoms with Gasteiger partial charge in [-0.3, -0.25) is 4.79 Å². The van der Waals surface area contributed by atoms with Crippen LogP contribution in [0.3, 0.4) is 0 Å². The van der Waals surface area contributed by atoms with Crippen molar-refractivity contribution in [2.24, 2.45) is 5.92 Å². The number of piperidine rings is 1. The molecule has 1 amide bonds. The average molecular weight is 423 g/mol. The van der Waals surface area contributed by atoms with Gasteiger partial charge in [-0.2, -0.15) is 0 Å². The van der Waals surface area contributed by atoms with Gasteiger partial charge in [-0.25, -0.2) is 14.4 Å². The van der Waals surface area contributed by atoms with E-state index in [9.17, 15) is 9.18 Å². The van der Waals surface area contributed by atoms with Crippen molar-refractivity contribution in [3.8, 4) is 0 Å². The Balaban J connectivity index is 1.40. The molecule has 7 heteroatoms. The predicted octanol–water partition coefficient (Wildman–Crippen LogP) is 4.93. The fourth-order valence-electron chi connectivity index (χ4n) is 3.56.